The zero-order valence-electron chi connectivity index (χ0n) is 19.3. The first-order chi connectivity index (χ1) is 17.8. The number of rotatable bonds is 8. The minimum absolute atomic E-state index is 0.0244. The van der Waals surface area contributed by atoms with Crippen LogP contribution in [0.25, 0.3) is 11.3 Å². The van der Waals surface area contributed by atoms with Gasteiger partial charge in [-0.25, -0.2) is 20.2 Å². The maximum Gasteiger partial charge on any atom is 0.405 e. The van der Waals surface area contributed by atoms with Gasteiger partial charge < -0.3 is 20.7 Å². The van der Waals surface area contributed by atoms with Crippen molar-refractivity contribution in [2.24, 2.45) is 12.1 Å². The van der Waals surface area contributed by atoms with Crippen LogP contribution in [0.3, 0.4) is 0 Å². The molecule has 1 unspecified atom stereocenters. The summed E-state index contributed by atoms with van der Waals surface area (Å²) in [7, 11) is 1.75. The molecular weight excluding hydrogens is 505 g/mol. The number of hydrogen-bond donors (Lipinski definition) is 5. The third-order valence-electron chi connectivity index (χ3n) is 5.09. The average molecular weight is 526 g/mol. The summed E-state index contributed by atoms with van der Waals surface area (Å²) < 4.78 is 16.0. The molecule has 5 N–H and O–H groups in total. The lowest BCUT2D eigenvalue weighted by atomic mass is 10.1. The number of halogens is 2. The van der Waals surface area contributed by atoms with Crippen molar-refractivity contribution in [1.29, 1.82) is 0 Å². The highest BCUT2D eigenvalue weighted by Crippen LogP contribution is 2.18. The quantitative estimate of drug-likeness (QED) is 0.174. The van der Waals surface area contributed by atoms with Crippen LogP contribution in [0.15, 0.2) is 66.0 Å². The van der Waals surface area contributed by atoms with Gasteiger partial charge in [0.25, 0.3) is 5.91 Å². The average Bonchev–Trinajstić information content (AvgIpc) is 3.27. The molecule has 12 nitrogen and oxygen atoms in total. The van der Waals surface area contributed by atoms with E-state index < -0.39 is 24.0 Å². The molecule has 14 heteroatoms. The maximum atomic E-state index is 14.3. The summed E-state index contributed by atoms with van der Waals surface area (Å²) in [6.07, 6.45) is 1.79. The summed E-state index contributed by atoms with van der Waals surface area (Å²) in [6.45, 7) is 0. The number of pyridine rings is 1. The monoisotopic (exact) mass is 525 g/mol. The van der Waals surface area contributed by atoms with Gasteiger partial charge in [0.2, 0.25) is 5.95 Å². The zero-order chi connectivity index (χ0) is 26.4. The normalized spacial score (nSPS) is 12.1. The van der Waals surface area contributed by atoms with E-state index in [2.05, 4.69) is 41.2 Å². The first kappa shape index (κ1) is 25.3. The van der Waals surface area contributed by atoms with E-state index in [0.717, 1.165) is 0 Å². The van der Waals surface area contributed by atoms with Crippen molar-refractivity contribution >= 4 is 35.4 Å². The van der Waals surface area contributed by atoms with E-state index in [1.165, 1.54) is 18.3 Å². The van der Waals surface area contributed by atoms with Gasteiger partial charge in [0.05, 0.1) is 11.9 Å². The second-order valence-electron chi connectivity index (χ2n) is 7.75. The number of nitrogens with one attached hydrogen (secondary N) is 4. The second kappa shape index (κ2) is 11.3. The van der Waals surface area contributed by atoms with Crippen molar-refractivity contribution in [2.45, 2.75) is 12.5 Å². The Hall–Kier alpha value is -4.78. The molecule has 1 aromatic carbocycles. The molecule has 0 aliphatic rings. The Kier molecular flexibility index (Phi) is 7.74. The zero-order valence-corrected chi connectivity index (χ0v) is 20.1. The SMILES string of the molecule is Cn1nccc1Nc1nccc(-c2cc(F)[nH]/c(=N/NC(=O)C(Cc3ccc(Cl)cc3)NC(=O)O)c2)n1. The van der Waals surface area contributed by atoms with Gasteiger partial charge in [0.1, 0.15) is 11.9 Å². The first-order valence-electron chi connectivity index (χ1n) is 10.8. The molecule has 0 radical (unpaired) electrons. The van der Waals surface area contributed by atoms with E-state index in [1.807, 2.05) is 0 Å². The van der Waals surface area contributed by atoms with Crippen LogP contribution in [-0.4, -0.2) is 47.9 Å². The van der Waals surface area contributed by atoms with Gasteiger partial charge in [-0.3, -0.25) is 9.48 Å². The number of aryl methyl sites for hydroxylation is 1. The van der Waals surface area contributed by atoms with Crippen molar-refractivity contribution in [2.75, 3.05) is 5.32 Å². The summed E-state index contributed by atoms with van der Waals surface area (Å²) in [5.41, 5.74) is 3.68. The Morgan fingerprint density at radius 2 is 1.97 bits per heavy atom. The van der Waals surface area contributed by atoms with Gasteiger partial charge in [-0.15, -0.1) is 0 Å². The molecule has 2 amide bonds. The Balaban J connectivity index is 1.54. The fraction of sp³-hybridized carbons (Fsp3) is 0.130. The fourth-order valence-electron chi connectivity index (χ4n) is 3.33. The molecule has 3 heterocycles. The molecule has 37 heavy (non-hydrogen) atoms. The Morgan fingerprint density at radius 3 is 2.68 bits per heavy atom. The molecule has 4 aromatic rings. The van der Waals surface area contributed by atoms with Gasteiger partial charge in [0, 0.05) is 42.4 Å². The minimum atomic E-state index is -1.38. The highest BCUT2D eigenvalue weighted by atomic mass is 35.5. The maximum absolute atomic E-state index is 14.3. The summed E-state index contributed by atoms with van der Waals surface area (Å²) in [4.78, 5) is 34.8. The van der Waals surface area contributed by atoms with Crippen molar-refractivity contribution in [3.63, 3.8) is 0 Å². The smallest absolute Gasteiger partial charge is 0.405 e. The van der Waals surface area contributed by atoms with Gasteiger partial charge in [-0.05, 0) is 29.8 Å². The van der Waals surface area contributed by atoms with E-state index in [0.29, 0.717) is 27.7 Å². The molecule has 0 spiro atoms. The number of nitrogens with zero attached hydrogens (tertiary/aromatic N) is 5. The van der Waals surface area contributed by atoms with Crippen molar-refractivity contribution in [3.05, 3.63) is 82.9 Å². The van der Waals surface area contributed by atoms with E-state index in [1.54, 1.807) is 54.3 Å². The lowest BCUT2D eigenvalue weighted by Crippen LogP contribution is -2.46. The standard InChI is InChI=1S/C23H21ClFN9O3/c1-34-20(7-9-27-34)31-22-26-8-6-16(28-22)14-11-18(25)30-19(12-14)32-33-21(35)17(29-23(36)37)10-13-2-4-15(24)5-3-13/h2-9,11-12,17,29H,10H2,1H3,(H,30,32)(H,33,35)(H,36,37)(H,26,28,31). The summed E-state index contributed by atoms with van der Waals surface area (Å²) >= 11 is 5.88. The summed E-state index contributed by atoms with van der Waals surface area (Å²) in [5.74, 6) is -0.537. The number of H-pyrrole nitrogens is 1. The van der Waals surface area contributed by atoms with Crippen LogP contribution >= 0.6 is 11.6 Å². The molecule has 0 bridgehead atoms. The molecule has 0 fully saturated rings. The predicted octanol–water partition coefficient (Wildman–Crippen LogP) is 2.55. The number of anilines is 2. The van der Waals surface area contributed by atoms with Gasteiger partial charge >= 0.3 is 6.09 Å². The highest BCUT2D eigenvalue weighted by molar-refractivity contribution is 6.30. The first-order valence-corrected chi connectivity index (χ1v) is 11.2. The molecule has 0 aliphatic heterocycles. The number of amides is 2. The lowest BCUT2D eigenvalue weighted by molar-refractivity contribution is -0.123. The lowest BCUT2D eigenvalue weighted by Gasteiger charge is -2.15. The fourth-order valence-corrected chi connectivity index (χ4v) is 3.45. The number of carbonyl (C=O) groups is 2. The summed E-state index contributed by atoms with van der Waals surface area (Å²) in [6, 6.07) is 11.5. The number of hydrogen-bond acceptors (Lipinski definition) is 7. The molecule has 0 aliphatic carbocycles. The van der Waals surface area contributed by atoms with Crippen LogP contribution < -0.4 is 21.5 Å². The van der Waals surface area contributed by atoms with Crippen molar-refractivity contribution in [1.82, 2.24) is 35.5 Å². The molecular formula is C23H21ClFN9O3. The van der Waals surface area contributed by atoms with Gasteiger partial charge in [0.15, 0.2) is 11.4 Å². The number of carboxylic acid groups (broad SMARTS) is 1. The van der Waals surface area contributed by atoms with E-state index in [4.69, 9.17) is 16.7 Å². The highest BCUT2D eigenvalue weighted by Gasteiger charge is 2.21. The third kappa shape index (κ3) is 6.89. The van der Waals surface area contributed by atoms with Crippen LogP contribution in [0.2, 0.25) is 5.02 Å². The number of aromatic amines is 1. The van der Waals surface area contributed by atoms with Crippen LogP contribution in [0.4, 0.5) is 21.0 Å². The van der Waals surface area contributed by atoms with Crippen molar-refractivity contribution in [3.8, 4) is 11.3 Å². The van der Waals surface area contributed by atoms with E-state index in [-0.39, 0.29) is 17.9 Å². The van der Waals surface area contributed by atoms with Crippen molar-refractivity contribution < 1.29 is 19.1 Å². The van der Waals surface area contributed by atoms with Crippen LogP contribution in [0.5, 0.6) is 0 Å². The van der Waals surface area contributed by atoms with E-state index in [9.17, 15) is 14.0 Å². The molecule has 4 rings (SSSR count). The molecule has 0 saturated carbocycles. The Labute approximate surface area is 214 Å². The molecule has 1 atom stereocenters. The number of aromatic nitrogens is 5. The Morgan fingerprint density at radius 1 is 1.19 bits per heavy atom. The minimum Gasteiger partial charge on any atom is -0.465 e. The largest absolute Gasteiger partial charge is 0.465 e. The summed E-state index contributed by atoms with van der Waals surface area (Å²) in [5, 5.41) is 22.8. The van der Waals surface area contributed by atoms with Crippen LogP contribution in [0, 0.1) is 5.95 Å². The third-order valence-corrected chi connectivity index (χ3v) is 5.34. The van der Waals surface area contributed by atoms with Crippen LogP contribution in [-0.2, 0) is 18.3 Å². The molecule has 0 saturated heterocycles. The topological polar surface area (TPSA) is 162 Å². The molecule has 3 aromatic heterocycles. The second-order valence-corrected chi connectivity index (χ2v) is 8.19. The van der Waals surface area contributed by atoms with Crippen LogP contribution in [0.1, 0.15) is 5.56 Å². The number of carbonyl (C=O) groups excluding carboxylic acids is 1. The van der Waals surface area contributed by atoms with Gasteiger partial charge in [-0.1, -0.05) is 23.7 Å². The van der Waals surface area contributed by atoms with Gasteiger partial charge in [-0.2, -0.15) is 14.6 Å². The van der Waals surface area contributed by atoms with E-state index >= 15 is 0 Å². The number of benzene rings is 1. The molecule has 190 valence electrons. The Bertz CT molecular complexity index is 1490. The predicted molar refractivity (Wildman–Crippen MR) is 132 cm³/mol.